The van der Waals surface area contributed by atoms with Crippen LogP contribution < -0.4 is 27.4 Å². The molecular weight excluding hydrogens is 917 g/mol. The van der Waals surface area contributed by atoms with Crippen molar-refractivity contribution < 1.29 is 23.2 Å². The first kappa shape index (κ1) is 57.2. The SMILES string of the molecule is C=C(N/C(=C\C)c1ccc2c(c1)C(F)(F)C1=C2C=CC(c2ccc(C)c(N/C(=C(\C)CC)C(C)N(C(=O)C(NC(=O)C(N)C(C)C)C(C)C)C3CCC(C)C3)c2)C1)C1CC2(CC2)CN1C(=O)C(N)C(C)C.CC. The van der Waals surface area contributed by atoms with Gasteiger partial charge in [-0.1, -0.05) is 124 Å². The van der Waals surface area contributed by atoms with Gasteiger partial charge in [-0.25, -0.2) is 0 Å². The normalized spacial score (nSPS) is 23.6. The fourth-order valence-corrected chi connectivity index (χ4v) is 11.4. The van der Waals surface area contributed by atoms with Gasteiger partial charge in [0.25, 0.3) is 5.92 Å². The third-order valence-corrected chi connectivity index (χ3v) is 16.7. The molecule has 7 rings (SSSR count). The van der Waals surface area contributed by atoms with Gasteiger partial charge in [-0.05, 0) is 148 Å². The Morgan fingerprint density at radius 1 is 0.959 bits per heavy atom. The van der Waals surface area contributed by atoms with Gasteiger partial charge in [0.1, 0.15) is 6.04 Å². The zero-order chi connectivity index (χ0) is 54.0. The van der Waals surface area contributed by atoms with Crippen LogP contribution >= 0.6 is 0 Å². The largest absolute Gasteiger partial charge is 0.357 e. The number of nitrogens with one attached hydrogen (secondary N) is 3. The van der Waals surface area contributed by atoms with E-state index in [2.05, 4.69) is 56.3 Å². The van der Waals surface area contributed by atoms with Crippen LogP contribution in [-0.4, -0.2) is 70.3 Å². The first-order chi connectivity index (χ1) is 34.4. The maximum atomic E-state index is 17.0. The zero-order valence-electron chi connectivity index (χ0n) is 46.6. The quantitative estimate of drug-likeness (QED) is 0.0999. The number of nitrogens with two attached hydrogens (primary N) is 2. The molecule has 400 valence electrons. The van der Waals surface area contributed by atoms with Crippen molar-refractivity contribution in [2.75, 3.05) is 11.9 Å². The lowest BCUT2D eigenvalue weighted by Gasteiger charge is -2.40. The number of fused-ring (bicyclic) bond motifs is 2. The van der Waals surface area contributed by atoms with Crippen LogP contribution in [0.3, 0.4) is 0 Å². The van der Waals surface area contributed by atoms with Crippen LogP contribution in [0, 0.1) is 36.0 Å². The summed E-state index contributed by atoms with van der Waals surface area (Å²) in [4.78, 5) is 45.8. The van der Waals surface area contributed by atoms with Gasteiger partial charge in [-0.15, -0.1) is 0 Å². The van der Waals surface area contributed by atoms with Gasteiger partial charge < -0.3 is 37.2 Å². The van der Waals surface area contributed by atoms with Crippen molar-refractivity contribution in [3.8, 4) is 0 Å². The van der Waals surface area contributed by atoms with Crippen molar-refractivity contribution in [1.29, 1.82) is 0 Å². The van der Waals surface area contributed by atoms with E-state index < -0.39 is 24.0 Å². The van der Waals surface area contributed by atoms with Crippen molar-refractivity contribution >= 4 is 34.7 Å². The Morgan fingerprint density at radius 2 is 1.63 bits per heavy atom. The predicted molar refractivity (Wildman–Crippen MR) is 296 cm³/mol. The van der Waals surface area contributed by atoms with E-state index in [1.807, 2.05) is 122 Å². The molecular formula is C61H89F2N7O3. The van der Waals surface area contributed by atoms with Crippen LogP contribution in [0.1, 0.15) is 175 Å². The molecule has 7 N–H and O–H groups in total. The van der Waals surface area contributed by atoms with Crippen molar-refractivity contribution in [3.05, 3.63) is 112 Å². The summed E-state index contributed by atoms with van der Waals surface area (Å²) in [6, 6.07) is 8.76. The van der Waals surface area contributed by atoms with Gasteiger partial charge in [0.2, 0.25) is 17.7 Å². The van der Waals surface area contributed by atoms with E-state index in [9.17, 15) is 14.4 Å². The van der Waals surface area contributed by atoms with E-state index in [-0.39, 0.29) is 82.5 Å². The van der Waals surface area contributed by atoms with E-state index in [1.165, 1.54) is 0 Å². The fourth-order valence-electron chi connectivity index (χ4n) is 11.4. The second-order valence-electron chi connectivity index (χ2n) is 22.9. The van der Waals surface area contributed by atoms with Gasteiger partial charge in [0.15, 0.2) is 0 Å². The second kappa shape index (κ2) is 23.2. The minimum absolute atomic E-state index is 0.00118. The Balaban J connectivity index is 0.00000429. The molecule has 0 bridgehead atoms. The molecule has 2 aromatic carbocycles. The summed E-state index contributed by atoms with van der Waals surface area (Å²) >= 11 is 0. The standard InChI is InChI=1S/C59H83F2N7O3.C2H6/c1-14-36(10)54(39(13)68(43-21-16-35(9)26-43)57(71)53(34(7)8)66-55(69)51(62)32(3)4)65-49-29-41(18-17-37(49)11)40-19-22-44-45-23-20-42(28-47(45)59(60,61)46(44)27-40)48(15-2)64-38(12)50-30-58(24-25-58)31-67(50)56(70)52(63)33(5)6;1-2/h15,17-20,22-23,28-29,32-35,39-40,43,50-53,64-65H,12,14,16,21,24-27,30-31,62-63H2,1-11,13H3,(H,66,69);1-2H3/b48-15-,54-36+;. The van der Waals surface area contributed by atoms with Crippen molar-refractivity contribution in [1.82, 2.24) is 20.4 Å². The van der Waals surface area contributed by atoms with Gasteiger partial charge in [0.05, 0.1) is 24.2 Å². The number of hydrogen-bond donors (Lipinski definition) is 5. The molecule has 12 heteroatoms. The van der Waals surface area contributed by atoms with Crippen molar-refractivity contribution in [2.45, 2.75) is 196 Å². The minimum atomic E-state index is -3.20. The number of allylic oxidation sites excluding steroid dienone is 6. The first-order valence-corrected chi connectivity index (χ1v) is 27.5. The molecule has 0 aromatic heterocycles. The lowest BCUT2D eigenvalue weighted by molar-refractivity contribution is -0.141. The summed E-state index contributed by atoms with van der Waals surface area (Å²) in [5, 5.41) is 10.3. The minimum Gasteiger partial charge on any atom is -0.357 e. The number of amides is 3. The number of hydrogen-bond acceptors (Lipinski definition) is 7. The lowest BCUT2D eigenvalue weighted by atomic mass is 9.84. The monoisotopic (exact) mass is 1010 g/mol. The molecule has 1 aliphatic heterocycles. The van der Waals surface area contributed by atoms with Crippen LogP contribution in [0.25, 0.3) is 11.3 Å². The number of benzene rings is 2. The number of carbonyl (C=O) groups excluding carboxylic acids is 3. The van der Waals surface area contributed by atoms with E-state index in [0.29, 0.717) is 40.6 Å². The molecule has 1 spiro atoms. The Hall–Kier alpha value is -5.07. The molecule has 0 radical (unpaired) electrons. The van der Waals surface area contributed by atoms with Crippen LogP contribution in [-0.2, 0) is 20.3 Å². The fraction of sp³-hybridized carbons (Fsp3) is 0.590. The number of aryl methyl sites for hydroxylation is 1. The van der Waals surface area contributed by atoms with Crippen LogP contribution in [0.4, 0.5) is 14.5 Å². The van der Waals surface area contributed by atoms with E-state index >= 15 is 8.78 Å². The molecule has 10 nitrogen and oxygen atoms in total. The topological polar surface area (TPSA) is 146 Å². The molecule has 2 aromatic rings. The lowest BCUT2D eigenvalue weighted by Crippen LogP contribution is -2.59. The average Bonchev–Trinajstić information content (AvgIpc) is 3.71. The Labute approximate surface area is 437 Å². The summed E-state index contributed by atoms with van der Waals surface area (Å²) in [5.41, 5.74) is 20.7. The molecule has 73 heavy (non-hydrogen) atoms. The van der Waals surface area contributed by atoms with Gasteiger partial charge >= 0.3 is 0 Å². The highest BCUT2D eigenvalue weighted by Gasteiger charge is 2.55. The number of anilines is 1. The summed E-state index contributed by atoms with van der Waals surface area (Å²) in [5.74, 6) is -3.80. The molecule has 2 saturated carbocycles. The highest BCUT2D eigenvalue weighted by atomic mass is 19.3. The highest BCUT2D eigenvalue weighted by Crippen LogP contribution is 2.57. The molecule has 1 saturated heterocycles. The first-order valence-electron chi connectivity index (χ1n) is 27.5. The Bertz CT molecular complexity index is 2520. The molecule has 4 aliphatic carbocycles. The summed E-state index contributed by atoms with van der Waals surface area (Å²) in [6.07, 6.45) is 12.4. The summed E-state index contributed by atoms with van der Waals surface area (Å²) in [6.45, 7) is 33.1. The number of alkyl halides is 2. The van der Waals surface area contributed by atoms with Crippen LogP contribution in [0.15, 0.2) is 83.7 Å². The van der Waals surface area contributed by atoms with Gasteiger partial charge in [-0.2, -0.15) is 8.78 Å². The molecule has 3 amide bonds. The van der Waals surface area contributed by atoms with Gasteiger partial charge in [-0.3, -0.25) is 14.4 Å². The van der Waals surface area contributed by atoms with E-state index in [1.54, 1.807) is 6.07 Å². The number of halogens is 2. The average molecular weight is 1010 g/mol. The number of nitrogens with zero attached hydrogens (tertiary/aromatic N) is 2. The van der Waals surface area contributed by atoms with Gasteiger partial charge in [0, 0.05) is 52.4 Å². The number of rotatable bonds is 18. The maximum Gasteiger partial charge on any atom is 0.296 e. The summed E-state index contributed by atoms with van der Waals surface area (Å²) < 4.78 is 34.0. The van der Waals surface area contributed by atoms with E-state index in [0.717, 1.165) is 73.0 Å². The zero-order valence-corrected chi connectivity index (χ0v) is 46.6. The molecule has 1 heterocycles. The van der Waals surface area contributed by atoms with Crippen LogP contribution in [0.5, 0.6) is 0 Å². The maximum absolute atomic E-state index is 17.0. The molecule has 8 unspecified atom stereocenters. The molecule has 3 fully saturated rings. The Kier molecular flexibility index (Phi) is 18.2. The second-order valence-corrected chi connectivity index (χ2v) is 22.9. The third-order valence-electron chi connectivity index (χ3n) is 16.7. The number of likely N-dealkylation sites (tertiary alicyclic amines) is 1. The van der Waals surface area contributed by atoms with Crippen molar-refractivity contribution in [2.24, 2.45) is 40.6 Å². The summed E-state index contributed by atoms with van der Waals surface area (Å²) in [7, 11) is 0. The number of carbonyl (C=O) groups is 3. The third kappa shape index (κ3) is 11.9. The van der Waals surface area contributed by atoms with Crippen molar-refractivity contribution in [3.63, 3.8) is 0 Å². The highest BCUT2D eigenvalue weighted by molar-refractivity contribution is 5.91. The Morgan fingerprint density at radius 3 is 2.21 bits per heavy atom. The molecule has 5 aliphatic rings. The van der Waals surface area contributed by atoms with Crippen LogP contribution in [0.2, 0.25) is 0 Å². The predicted octanol–water partition coefficient (Wildman–Crippen LogP) is 12.1. The van der Waals surface area contributed by atoms with E-state index in [4.69, 9.17) is 11.5 Å². The molecule has 8 atom stereocenters. The smallest absolute Gasteiger partial charge is 0.296 e.